The molecule has 1 aromatic rings. The number of carbonyl (C=O) groups is 1. The number of hydrazine groups is 1. The number of hydrogen-bond acceptors (Lipinski definition) is 4. The Hall–Kier alpha value is -2.32. The van der Waals surface area contributed by atoms with Gasteiger partial charge in [0, 0.05) is 12.0 Å². The van der Waals surface area contributed by atoms with E-state index in [-0.39, 0.29) is 17.5 Å². The highest BCUT2D eigenvalue weighted by Gasteiger charge is 2.33. The van der Waals surface area contributed by atoms with Crippen LogP contribution >= 0.6 is 0 Å². The van der Waals surface area contributed by atoms with Crippen molar-refractivity contribution in [2.45, 2.75) is 19.0 Å². The van der Waals surface area contributed by atoms with Gasteiger partial charge in [0.1, 0.15) is 5.69 Å². The van der Waals surface area contributed by atoms with Gasteiger partial charge < -0.3 is 0 Å². The molecule has 0 spiro atoms. The van der Waals surface area contributed by atoms with E-state index in [0.29, 0.717) is 12.1 Å². The first-order valence-corrected chi connectivity index (χ1v) is 5.70. The van der Waals surface area contributed by atoms with E-state index in [2.05, 4.69) is 10.9 Å². The van der Waals surface area contributed by atoms with Gasteiger partial charge in [0.2, 0.25) is 5.91 Å². The van der Waals surface area contributed by atoms with Gasteiger partial charge in [0.25, 0.3) is 5.69 Å². The zero-order valence-corrected chi connectivity index (χ0v) is 10.0. The Morgan fingerprint density at radius 2 is 2.00 bits per heavy atom. The molecule has 0 radical (unpaired) electrons. The molecule has 1 saturated carbocycles. The van der Waals surface area contributed by atoms with Crippen LogP contribution in [0.1, 0.15) is 18.4 Å². The minimum Gasteiger partial charge on any atom is -0.292 e. The fourth-order valence-electron chi connectivity index (χ4n) is 1.54. The maximum Gasteiger partial charge on any atom is 0.416 e. The van der Waals surface area contributed by atoms with Crippen molar-refractivity contribution in [3.63, 3.8) is 0 Å². The fraction of sp³-hybridized carbons (Fsp3) is 0.364. The number of amides is 1. The minimum atomic E-state index is -4.67. The van der Waals surface area contributed by atoms with Gasteiger partial charge in [-0.1, -0.05) is 0 Å². The molecule has 0 saturated heterocycles. The number of hydrogen-bond donors (Lipinski definition) is 2. The lowest BCUT2D eigenvalue weighted by molar-refractivity contribution is -0.384. The molecule has 1 amide bonds. The Balaban J connectivity index is 2.19. The quantitative estimate of drug-likeness (QED) is 0.658. The summed E-state index contributed by atoms with van der Waals surface area (Å²) in [5.41, 5.74) is 2.45. The third-order valence-electron chi connectivity index (χ3n) is 2.79. The molecule has 1 aliphatic carbocycles. The maximum atomic E-state index is 12.5. The molecule has 0 heterocycles. The number of benzene rings is 1. The van der Waals surface area contributed by atoms with Crippen molar-refractivity contribution in [3.05, 3.63) is 33.9 Å². The van der Waals surface area contributed by atoms with E-state index in [1.807, 2.05) is 0 Å². The van der Waals surface area contributed by atoms with Crippen LogP contribution in [0.4, 0.5) is 24.5 Å². The van der Waals surface area contributed by atoms with Crippen LogP contribution in [0.2, 0.25) is 0 Å². The zero-order chi connectivity index (χ0) is 14.9. The first-order valence-electron chi connectivity index (χ1n) is 5.70. The summed E-state index contributed by atoms with van der Waals surface area (Å²) in [5, 5.41) is 10.8. The van der Waals surface area contributed by atoms with Crippen molar-refractivity contribution >= 4 is 17.3 Å². The van der Waals surface area contributed by atoms with Gasteiger partial charge in [0.15, 0.2) is 0 Å². The Labute approximate surface area is 111 Å². The monoisotopic (exact) mass is 289 g/mol. The summed E-state index contributed by atoms with van der Waals surface area (Å²) in [6, 6.07) is 2.04. The Bertz CT molecular complexity index is 556. The fourth-order valence-corrected chi connectivity index (χ4v) is 1.54. The van der Waals surface area contributed by atoms with Crippen LogP contribution in [0.15, 0.2) is 18.2 Å². The molecule has 0 aromatic heterocycles. The van der Waals surface area contributed by atoms with Gasteiger partial charge in [-0.3, -0.25) is 25.8 Å². The second kappa shape index (κ2) is 4.99. The van der Waals surface area contributed by atoms with Crippen molar-refractivity contribution in [2.75, 3.05) is 5.43 Å². The van der Waals surface area contributed by atoms with Crippen LogP contribution < -0.4 is 10.9 Å². The van der Waals surface area contributed by atoms with Crippen molar-refractivity contribution in [2.24, 2.45) is 5.92 Å². The third-order valence-corrected chi connectivity index (χ3v) is 2.79. The van der Waals surface area contributed by atoms with Crippen molar-refractivity contribution < 1.29 is 22.9 Å². The highest BCUT2D eigenvalue weighted by molar-refractivity contribution is 5.82. The molecule has 1 aliphatic rings. The normalized spacial score (nSPS) is 14.8. The topological polar surface area (TPSA) is 84.3 Å². The van der Waals surface area contributed by atoms with Gasteiger partial charge in [-0.15, -0.1) is 0 Å². The predicted molar refractivity (Wildman–Crippen MR) is 62.6 cm³/mol. The number of rotatable bonds is 4. The van der Waals surface area contributed by atoms with E-state index in [0.717, 1.165) is 18.9 Å². The van der Waals surface area contributed by atoms with Gasteiger partial charge in [-0.25, -0.2) is 0 Å². The van der Waals surface area contributed by atoms with E-state index >= 15 is 0 Å². The van der Waals surface area contributed by atoms with Crippen LogP contribution in [0, 0.1) is 16.0 Å². The number of carbonyl (C=O) groups excluding carboxylic acids is 1. The number of halogens is 3. The van der Waals surface area contributed by atoms with E-state index in [4.69, 9.17) is 0 Å². The molecule has 0 aliphatic heterocycles. The largest absolute Gasteiger partial charge is 0.416 e. The predicted octanol–water partition coefficient (Wildman–Crippen LogP) is 2.47. The number of nitrogens with zero attached hydrogens (tertiary/aromatic N) is 1. The molecular formula is C11H10F3N3O3. The zero-order valence-electron chi connectivity index (χ0n) is 10.0. The van der Waals surface area contributed by atoms with Crippen molar-refractivity contribution in [1.29, 1.82) is 0 Å². The number of anilines is 1. The van der Waals surface area contributed by atoms with Gasteiger partial charge in [-0.2, -0.15) is 13.2 Å². The second-order valence-electron chi connectivity index (χ2n) is 4.38. The molecular weight excluding hydrogens is 279 g/mol. The highest BCUT2D eigenvalue weighted by Crippen LogP contribution is 2.35. The maximum absolute atomic E-state index is 12.5. The summed E-state index contributed by atoms with van der Waals surface area (Å²) < 4.78 is 37.4. The lowest BCUT2D eigenvalue weighted by Crippen LogP contribution is -2.30. The molecule has 108 valence electrons. The molecule has 0 atom stereocenters. The second-order valence-corrected chi connectivity index (χ2v) is 4.38. The summed E-state index contributed by atoms with van der Waals surface area (Å²) in [6.45, 7) is 0. The Kier molecular flexibility index (Phi) is 3.51. The molecule has 2 rings (SSSR count). The Morgan fingerprint density at radius 1 is 1.35 bits per heavy atom. The molecule has 2 N–H and O–H groups in total. The molecule has 1 fully saturated rings. The van der Waals surface area contributed by atoms with Gasteiger partial charge in [-0.05, 0) is 25.0 Å². The average molecular weight is 289 g/mol. The minimum absolute atomic E-state index is 0.129. The van der Waals surface area contributed by atoms with Crippen LogP contribution in [-0.4, -0.2) is 10.8 Å². The van der Waals surface area contributed by atoms with E-state index in [1.54, 1.807) is 0 Å². The van der Waals surface area contributed by atoms with Crippen molar-refractivity contribution in [1.82, 2.24) is 5.43 Å². The van der Waals surface area contributed by atoms with Crippen LogP contribution in [0.3, 0.4) is 0 Å². The number of nitrogens with one attached hydrogen (secondary N) is 2. The van der Waals surface area contributed by atoms with Gasteiger partial charge >= 0.3 is 6.18 Å². The standard InChI is InChI=1S/C11H10F3N3O3/c12-11(13,14)7-3-4-8(9(5-7)17(19)20)15-16-10(18)6-1-2-6/h3-6,15H,1-2H2,(H,16,18). The molecule has 6 nitrogen and oxygen atoms in total. The van der Waals surface area contributed by atoms with Crippen molar-refractivity contribution in [3.8, 4) is 0 Å². The molecule has 0 unspecified atom stereocenters. The number of alkyl halides is 3. The average Bonchev–Trinajstić information content (AvgIpc) is 3.18. The molecule has 0 bridgehead atoms. The smallest absolute Gasteiger partial charge is 0.292 e. The molecule has 9 heteroatoms. The van der Waals surface area contributed by atoms with E-state index in [9.17, 15) is 28.1 Å². The molecule has 20 heavy (non-hydrogen) atoms. The van der Waals surface area contributed by atoms with Gasteiger partial charge in [0.05, 0.1) is 10.5 Å². The third kappa shape index (κ3) is 3.16. The van der Waals surface area contributed by atoms with Crippen LogP contribution in [0.25, 0.3) is 0 Å². The lowest BCUT2D eigenvalue weighted by Gasteiger charge is -2.11. The number of nitro groups is 1. The lowest BCUT2D eigenvalue weighted by atomic mass is 10.1. The number of nitro benzene ring substituents is 1. The first kappa shape index (κ1) is 14.1. The molecule has 1 aromatic carbocycles. The summed E-state index contributed by atoms with van der Waals surface area (Å²) >= 11 is 0. The highest BCUT2D eigenvalue weighted by atomic mass is 19.4. The first-order chi connectivity index (χ1) is 9.29. The summed E-state index contributed by atoms with van der Waals surface area (Å²) in [7, 11) is 0. The SMILES string of the molecule is O=C(NNc1ccc(C(F)(F)F)cc1[N+](=O)[O-])C1CC1. The summed E-state index contributed by atoms with van der Waals surface area (Å²) in [4.78, 5) is 21.2. The Morgan fingerprint density at radius 3 is 2.50 bits per heavy atom. The van der Waals surface area contributed by atoms with Crippen LogP contribution in [-0.2, 0) is 11.0 Å². The van der Waals surface area contributed by atoms with E-state index in [1.165, 1.54) is 0 Å². The summed E-state index contributed by atoms with van der Waals surface area (Å²) in [6.07, 6.45) is -3.19. The summed E-state index contributed by atoms with van der Waals surface area (Å²) in [5.74, 6) is -0.463. The van der Waals surface area contributed by atoms with Crippen LogP contribution in [0.5, 0.6) is 0 Å². The van der Waals surface area contributed by atoms with E-state index < -0.39 is 22.4 Å².